The van der Waals surface area contributed by atoms with Gasteiger partial charge < -0.3 is 4.74 Å². The first kappa shape index (κ1) is 6.65. The van der Waals surface area contributed by atoms with Crippen molar-refractivity contribution in [3.05, 3.63) is 24.3 Å². The lowest BCUT2D eigenvalue weighted by atomic mass is 10.1. The molecule has 0 spiro atoms. The van der Waals surface area contributed by atoms with Crippen molar-refractivity contribution >= 4 is 17.1 Å². The summed E-state index contributed by atoms with van der Waals surface area (Å²) >= 11 is 4.91. The highest BCUT2D eigenvalue weighted by atomic mass is 32.1. The van der Waals surface area contributed by atoms with Crippen LogP contribution in [0, 0.1) is 6.08 Å². The summed E-state index contributed by atoms with van der Waals surface area (Å²) in [5, 5.41) is 0. The van der Waals surface area contributed by atoms with Crippen LogP contribution in [0.1, 0.15) is 0 Å². The monoisotopic (exact) mass is 139 g/mol. The Morgan fingerprint density at radius 2 is 2.56 bits per heavy atom. The fourth-order valence-electron chi connectivity index (χ4n) is 0.642. The minimum absolute atomic E-state index is 0.0370. The fourth-order valence-corrected chi connectivity index (χ4v) is 0.885. The summed E-state index contributed by atoms with van der Waals surface area (Å²) in [5.41, 5.74) is 0. The van der Waals surface area contributed by atoms with Crippen molar-refractivity contribution in [3.63, 3.8) is 0 Å². The van der Waals surface area contributed by atoms with E-state index in [2.05, 4.69) is 6.08 Å². The van der Waals surface area contributed by atoms with Crippen molar-refractivity contribution in [3.8, 4) is 0 Å². The molecule has 1 rings (SSSR count). The molecule has 1 unspecified atom stereocenters. The number of rotatable bonds is 1. The second kappa shape index (κ2) is 2.90. The molecule has 0 bridgehead atoms. The van der Waals surface area contributed by atoms with Crippen LogP contribution < -0.4 is 0 Å². The maximum atomic E-state index is 4.99. The van der Waals surface area contributed by atoms with Crippen molar-refractivity contribution in [1.29, 1.82) is 0 Å². The van der Waals surface area contributed by atoms with Gasteiger partial charge in [-0.25, -0.2) is 0 Å². The number of allylic oxidation sites excluding steroid dienone is 2. The molecule has 1 radical (unpaired) electrons. The van der Waals surface area contributed by atoms with Crippen molar-refractivity contribution in [1.82, 2.24) is 0 Å². The molecule has 0 amide bonds. The zero-order valence-electron chi connectivity index (χ0n) is 5.13. The zero-order chi connectivity index (χ0) is 6.69. The van der Waals surface area contributed by atoms with Gasteiger partial charge in [-0.2, -0.15) is 0 Å². The summed E-state index contributed by atoms with van der Waals surface area (Å²) < 4.78 is 4.99. The van der Waals surface area contributed by atoms with Crippen LogP contribution in [-0.2, 0) is 4.74 Å². The van der Waals surface area contributed by atoms with Crippen LogP contribution in [0.15, 0.2) is 18.2 Å². The van der Waals surface area contributed by atoms with Crippen molar-refractivity contribution in [2.75, 3.05) is 7.11 Å². The molecule has 1 aliphatic rings. The van der Waals surface area contributed by atoms with E-state index in [1.165, 1.54) is 0 Å². The fraction of sp³-hybridized carbons (Fsp3) is 0.286. The maximum absolute atomic E-state index is 4.99. The minimum atomic E-state index is -0.0370. The van der Waals surface area contributed by atoms with Crippen LogP contribution >= 0.6 is 12.2 Å². The minimum Gasteiger partial charge on any atom is -0.372 e. The normalized spacial score (nSPS) is 25.0. The van der Waals surface area contributed by atoms with E-state index in [1.54, 1.807) is 13.2 Å². The Morgan fingerprint density at radius 1 is 1.78 bits per heavy atom. The van der Waals surface area contributed by atoms with E-state index >= 15 is 0 Å². The lowest BCUT2D eigenvalue weighted by Crippen LogP contribution is -2.18. The first-order chi connectivity index (χ1) is 4.34. The quantitative estimate of drug-likeness (QED) is 0.506. The summed E-state index contributed by atoms with van der Waals surface area (Å²) in [6.45, 7) is 0. The summed E-state index contributed by atoms with van der Waals surface area (Å²) in [4.78, 5) is 0.722. The van der Waals surface area contributed by atoms with Crippen LogP contribution in [0.5, 0.6) is 0 Å². The molecule has 2 heteroatoms. The average molecular weight is 139 g/mol. The third-order valence-electron chi connectivity index (χ3n) is 1.12. The summed E-state index contributed by atoms with van der Waals surface area (Å²) in [6.07, 6.45) is 8.41. The largest absolute Gasteiger partial charge is 0.372 e. The van der Waals surface area contributed by atoms with Gasteiger partial charge in [-0.1, -0.05) is 30.4 Å². The number of methoxy groups -OCH3 is 1. The first-order valence-corrected chi connectivity index (χ1v) is 3.08. The van der Waals surface area contributed by atoms with Gasteiger partial charge in [0.15, 0.2) is 0 Å². The van der Waals surface area contributed by atoms with Gasteiger partial charge in [0, 0.05) is 7.11 Å². The van der Waals surface area contributed by atoms with Gasteiger partial charge in [-0.05, 0) is 6.08 Å². The van der Waals surface area contributed by atoms with Gasteiger partial charge in [-0.15, -0.1) is 0 Å². The van der Waals surface area contributed by atoms with Crippen LogP contribution in [0.2, 0.25) is 0 Å². The highest BCUT2D eigenvalue weighted by Gasteiger charge is 2.08. The lowest BCUT2D eigenvalue weighted by Gasteiger charge is -2.10. The molecule has 0 aromatic heterocycles. The Balaban J connectivity index is 2.66. The van der Waals surface area contributed by atoms with E-state index in [0.717, 1.165) is 4.86 Å². The topological polar surface area (TPSA) is 9.23 Å². The Labute approximate surface area is 60.0 Å². The molecule has 9 heavy (non-hydrogen) atoms. The maximum Gasteiger partial charge on any atom is 0.111 e. The molecule has 0 aliphatic heterocycles. The smallest absolute Gasteiger partial charge is 0.111 e. The Morgan fingerprint density at radius 3 is 3.00 bits per heavy atom. The molecule has 0 N–H and O–H groups in total. The highest BCUT2D eigenvalue weighted by molar-refractivity contribution is 7.80. The molecule has 1 atom stereocenters. The Kier molecular flexibility index (Phi) is 2.14. The highest BCUT2D eigenvalue weighted by Crippen LogP contribution is 2.02. The van der Waals surface area contributed by atoms with E-state index in [9.17, 15) is 0 Å². The molecular formula is C7H7OS. The van der Waals surface area contributed by atoms with Gasteiger partial charge in [0.2, 0.25) is 0 Å². The van der Waals surface area contributed by atoms with Crippen molar-refractivity contribution < 1.29 is 4.74 Å². The predicted octanol–water partition coefficient (Wildman–Crippen LogP) is 1.30. The van der Waals surface area contributed by atoms with Crippen molar-refractivity contribution in [2.24, 2.45) is 0 Å². The molecule has 0 heterocycles. The Bertz CT molecular complexity index is 170. The van der Waals surface area contributed by atoms with Gasteiger partial charge >= 0.3 is 0 Å². The third kappa shape index (κ3) is 1.47. The van der Waals surface area contributed by atoms with Gasteiger partial charge in [0.25, 0.3) is 0 Å². The van der Waals surface area contributed by atoms with Crippen LogP contribution in [0.3, 0.4) is 0 Å². The van der Waals surface area contributed by atoms with Crippen LogP contribution in [0.4, 0.5) is 0 Å². The second-order valence-corrected chi connectivity index (χ2v) is 2.16. The number of hydrogen-bond acceptors (Lipinski definition) is 2. The number of thiocarbonyl (C=S) groups is 1. The summed E-state index contributed by atoms with van der Waals surface area (Å²) in [5.74, 6) is 0. The number of hydrogen-bond donors (Lipinski definition) is 0. The van der Waals surface area contributed by atoms with Gasteiger partial charge in [0.05, 0.1) is 4.86 Å². The number of ether oxygens (including phenoxy) is 1. The van der Waals surface area contributed by atoms with Gasteiger partial charge in [-0.3, -0.25) is 0 Å². The molecule has 0 saturated carbocycles. The standard InChI is InChI=1S/C7H7OS/c1-8-6-4-2-3-5-7(6)9/h2-4,6H,1H3. The van der Waals surface area contributed by atoms with Gasteiger partial charge in [0.1, 0.15) is 6.10 Å². The van der Waals surface area contributed by atoms with E-state index in [0.29, 0.717) is 0 Å². The molecular weight excluding hydrogens is 132 g/mol. The van der Waals surface area contributed by atoms with E-state index in [4.69, 9.17) is 17.0 Å². The average Bonchev–Trinajstić information content (AvgIpc) is 1.89. The summed E-state index contributed by atoms with van der Waals surface area (Å²) in [6, 6.07) is 0. The molecule has 0 saturated heterocycles. The van der Waals surface area contributed by atoms with Crippen molar-refractivity contribution in [2.45, 2.75) is 6.10 Å². The Hall–Kier alpha value is -0.470. The SMILES string of the molecule is COC1C=CC=[C]C1=S. The molecule has 0 fully saturated rings. The molecule has 1 aliphatic carbocycles. The van der Waals surface area contributed by atoms with Crippen LogP contribution in [0.25, 0.3) is 0 Å². The van der Waals surface area contributed by atoms with Crippen LogP contribution in [-0.4, -0.2) is 18.1 Å². The molecule has 1 nitrogen and oxygen atoms in total. The van der Waals surface area contributed by atoms with E-state index in [-0.39, 0.29) is 6.10 Å². The third-order valence-corrected chi connectivity index (χ3v) is 1.47. The van der Waals surface area contributed by atoms with E-state index < -0.39 is 0 Å². The summed E-state index contributed by atoms with van der Waals surface area (Å²) in [7, 11) is 1.63. The lowest BCUT2D eigenvalue weighted by molar-refractivity contribution is 0.193. The zero-order valence-corrected chi connectivity index (χ0v) is 5.94. The predicted molar refractivity (Wildman–Crippen MR) is 40.3 cm³/mol. The molecule has 0 aromatic rings. The molecule has 0 aromatic carbocycles. The molecule has 47 valence electrons. The van der Waals surface area contributed by atoms with E-state index in [1.807, 2.05) is 12.2 Å². The second-order valence-electron chi connectivity index (χ2n) is 1.72. The first-order valence-electron chi connectivity index (χ1n) is 2.68.